The number of rotatable bonds is 1. The molecule has 2 aliphatic heterocycles. The van der Waals surface area contributed by atoms with E-state index in [-0.39, 0.29) is 0 Å². The molecule has 0 aromatic heterocycles. The van der Waals surface area contributed by atoms with Crippen molar-refractivity contribution in [1.82, 2.24) is 10.0 Å². The van der Waals surface area contributed by atoms with Crippen molar-refractivity contribution in [2.24, 2.45) is 0 Å². The molecule has 2 heteroatoms. The lowest BCUT2D eigenvalue weighted by Crippen LogP contribution is -2.46. The molecule has 82 valence electrons. The molecule has 2 aliphatic rings. The third-order valence-electron chi connectivity index (χ3n) is 3.24. The molecule has 0 saturated carbocycles. The highest BCUT2D eigenvalue weighted by atomic mass is 15.6. The van der Waals surface area contributed by atoms with Gasteiger partial charge in [-0.1, -0.05) is 23.8 Å². The van der Waals surface area contributed by atoms with Crippen molar-refractivity contribution in [2.75, 3.05) is 13.1 Å². The van der Waals surface area contributed by atoms with Gasteiger partial charge in [0.25, 0.3) is 0 Å². The van der Waals surface area contributed by atoms with Crippen LogP contribution in [0.3, 0.4) is 0 Å². The van der Waals surface area contributed by atoms with Crippen LogP contribution in [0.25, 0.3) is 11.9 Å². The highest BCUT2D eigenvalue weighted by molar-refractivity contribution is 5.61. The minimum absolute atomic E-state index is 0.993. The predicted molar refractivity (Wildman–Crippen MR) is 66.5 cm³/mol. The van der Waals surface area contributed by atoms with Gasteiger partial charge < -0.3 is 0 Å². The zero-order chi connectivity index (χ0) is 11.1. The Hall–Kier alpha value is -1.70. The van der Waals surface area contributed by atoms with Crippen molar-refractivity contribution in [1.29, 1.82) is 0 Å². The maximum absolute atomic E-state index is 2.33. The fourth-order valence-electron chi connectivity index (χ4n) is 2.44. The zero-order valence-corrected chi connectivity index (χ0v) is 9.77. The number of aryl methyl sites for hydroxylation is 1. The predicted octanol–water partition coefficient (Wildman–Crippen LogP) is 0.964. The first kappa shape index (κ1) is 9.52. The minimum Gasteiger partial charge on any atom is -0.292 e. The lowest BCUT2D eigenvalue weighted by atomic mass is 10.1. The molecule has 16 heavy (non-hydrogen) atoms. The monoisotopic (exact) mass is 212 g/mol. The van der Waals surface area contributed by atoms with Gasteiger partial charge in [-0.15, -0.1) is 0 Å². The van der Waals surface area contributed by atoms with Crippen molar-refractivity contribution in [3.63, 3.8) is 0 Å². The molecule has 0 unspecified atom stereocenters. The molecular formula is C14H16N2. The average molecular weight is 212 g/mol. The molecule has 0 fully saturated rings. The van der Waals surface area contributed by atoms with Gasteiger partial charge in [-0.05, 0) is 26.0 Å². The molecule has 1 aromatic rings. The van der Waals surface area contributed by atoms with E-state index in [9.17, 15) is 0 Å². The highest BCUT2D eigenvalue weighted by Crippen LogP contribution is 2.18. The Bertz CT molecular complexity index is 569. The summed E-state index contributed by atoms with van der Waals surface area (Å²) in [5.41, 5.74) is 2.65. The van der Waals surface area contributed by atoms with E-state index in [1.807, 2.05) is 0 Å². The van der Waals surface area contributed by atoms with Crippen molar-refractivity contribution in [3.05, 3.63) is 46.4 Å². The Morgan fingerprint density at radius 1 is 1.31 bits per heavy atom. The minimum atomic E-state index is 0.993. The van der Waals surface area contributed by atoms with Crippen LogP contribution in [0.4, 0.5) is 0 Å². The molecule has 0 atom stereocenters. The number of hydrazine groups is 1. The first-order chi connectivity index (χ1) is 7.79. The molecule has 0 amide bonds. The fourth-order valence-corrected chi connectivity index (χ4v) is 2.44. The summed E-state index contributed by atoms with van der Waals surface area (Å²) in [5, 5.41) is 7.30. The summed E-state index contributed by atoms with van der Waals surface area (Å²) in [7, 11) is 0. The van der Waals surface area contributed by atoms with Gasteiger partial charge in [0, 0.05) is 23.2 Å². The molecule has 2 nitrogen and oxygen atoms in total. The first-order valence-corrected chi connectivity index (χ1v) is 5.83. The summed E-state index contributed by atoms with van der Waals surface area (Å²) in [4.78, 5) is 0. The maximum Gasteiger partial charge on any atom is 0.0654 e. The summed E-state index contributed by atoms with van der Waals surface area (Å²) in [6.45, 7) is 6.34. The van der Waals surface area contributed by atoms with Crippen LogP contribution in [0, 0.1) is 6.92 Å². The van der Waals surface area contributed by atoms with Gasteiger partial charge >= 0.3 is 0 Å². The highest BCUT2D eigenvalue weighted by Gasteiger charge is 2.19. The molecular weight excluding hydrogens is 196 g/mol. The van der Waals surface area contributed by atoms with Gasteiger partial charge in [0.05, 0.1) is 12.2 Å². The van der Waals surface area contributed by atoms with E-state index in [2.05, 4.69) is 60.4 Å². The number of fused-ring (bicyclic) bond motifs is 2. The van der Waals surface area contributed by atoms with E-state index in [1.54, 1.807) is 0 Å². The molecule has 0 saturated heterocycles. The van der Waals surface area contributed by atoms with E-state index >= 15 is 0 Å². The quantitative estimate of drug-likeness (QED) is 0.684. The number of nitrogens with zero attached hydrogens (tertiary/aromatic N) is 2. The van der Waals surface area contributed by atoms with Gasteiger partial charge in [0.15, 0.2) is 0 Å². The Labute approximate surface area is 95.8 Å². The average Bonchev–Trinajstić information content (AvgIpc) is 2.76. The van der Waals surface area contributed by atoms with Gasteiger partial charge in [-0.3, -0.25) is 10.0 Å². The second-order valence-corrected chi connectivity index (χ2v) is 4.35. The maximum atomic E-state index is 2.33. The number of benzene rings is 1. The normalized spacial score (nSPS) is 17.2. The van der Waals surface area contributed by atoms with E-state index < -0.39 is 0 Å². The number of hydrogen-bond donors (Lipinski definition) is 0. The second-order valence-electron chi connectivity index (χ2n) is 4.35. The summed E-state index contributed by atoms with van der Waals surface area (Å²) in [6.07, 6.45) is 6.70. The topological polar surface area (TPSA) is 6.48 Å². The Morgan fingerprint density at radius 3 is 3.00 bits per heavy atom. The van der Waals surface area contributed by atoms with Crippen LogP contribution in [0.1, 0.15) is 12.5 Å². The van der Waals surface area contributed by atoms with Crippen LogP contribution in [0.15, 0.2) is 30.4 Å². The zero-order valence-electron chi connectivity index (χ0n) is 9.77. The molecule has 0 spiro atoms. The standard InChI is InChI=1S/C14H16N2/c1-3-15-10-12-9-11(2)6-7-13(12)14-5-4-8-16(14)15/h4-7,9-10H,3,8H2,1-2H3. The van der Waals surface area contributed by atoms with Crippen molar-refractivity contribution < 1.29 is 0 Å². The van der Waals surface area contributed by atoms with Crippen molar-refractivity contribution in [3.8, 4) is 0 Å². The van der Waals surface area contributed by atoms with Gasteiger partial charge in [-0.25, -0.2) is 0 Å². The molecule has 0 radical (unpaired) electrons. The molecule has 0 bridgehead atoms. The van der Waals surface area contributed by atoms with E-state index in [4.69, 9.17) is 0 Å². The summed E-state index contributed by atoms with van der Waals surface area (Å²) < 4.78 is 0. The molecule has 2 heterocycles. The van der Waals surface area contributed by atoms with Crippen LogP contribution in [0.5, 0.6) is 0 Å². The lowest BCUT2D eigenvalue weighted by Gasteiger charge is -2.35. The molecule has 0 aliphatic carbocycles. The van der Waals surface area contributed by atoms with Crippen LogP contribution in [-0.2, 0) is 0 Å². The fraction of sp³-hybridized carbons (Fsp3) is 0.286. The Morgan fingerprint density at radius 2 is 2.19 bits per heavy atom. The number of hydrogen-bond acceptors (Lipinski definition) is 2. The van der Waals surface area contributed by atoms with Gasteiger partial charge in [-0.2, -0.15) is 0 Å². The lowest BCUT2D eigenvalue weighted by molar-refractivity contribution is 0.137. The van der Waals surface area contributed by atoms with Crippen LogP contribution in [0.2, 0.25) is 0 Å². The third kappa shape index (κ3) is 1.26. The van der Waals surface area contributed by atoms with E-state index in [1.165, 1.54) is 21.7 Å². The molecule has 0 N–H and O–H groups in total. The van der Waals surface area contributed by atoms with E-state index in [0.29, 0.717) is 0 Å². The summed E-state index contributed by atoms with van der Waals surface area (Å²) in [6, 6.07) is 6.67. The molecule has 1 aromatic carbocycles. The van der Waals surface area contributed by atoms with Crippen LogP contribution in [-0.4, -0.2) is 23.1 Å². The molecule has 3 rings (SSSR count). The van der Waals surface area contributed by atoms with Crippen molar-refractivity contribution >= 4 is 11.9 Å². The smallest absolute Gasteiger partial charge is 0.0654 e. The largest absolute Gasteiger partial charge is 0.292 e. The Balaban J connectivity index is 2.33. The van der Waals surface area contributed by atoms with Crippen LogP contribution >= 0.6 is 0 Å². The summed E-state index contributed by atoms with van der Waals surface area (Å²) >= 11 is 0. The van der Waals surface area contributed by atoms with Crippen molar-refractivity contribution in [2.45, 2.75) is 13.8 Å². The second kappa shape index (κ2) is 3.41. The van der Waals surface area contributed by atoms with E-state index in [0.717, 1.165) is 13.1 Å². The van der Waals surface area contributed by atoms with Gasteiger partial charge in [0.2, 0.25) is 0 Å². The van der Waals surface area contributed by atoms with Crippen LogP contribution < -0.4 is 10.4 Å². The SMILES string of the molecule is CCN1C=c2cc(C)ccc2=C2C=CCN21. The van der Waals surface area contributed by atoms with Gasteiger partial charge in [0.1, 0.15) is 0 Å². The summed E-state index contributed by atoms with van der Waals surface area (Å²) in [5.74, 6) is 0. The first-order valence-electron chi connectivity index (χ1n) is 5.83. The Kier molecular flexibility index (Phi) is 2.03. The third-order valence-corrected chi connectivity index (χ3v) is 3.24.